The molecule has 0 amide bonds. The normalized spacial score (nSPS) is 14.4. The minimum Gasteiger partial charge on any atom is -0.345 e. The summed E-state index contributed by atoms with van der Waals surface area (Å²) >= 11 is 0. The Balaban J connectivity index is 1.43. The van der Waals surface area contributed by atoms with Crippen molar-refractivity contribution in [1.29, 1.82) is 0 Å². The van der Waals surface area contributed by atoms with Gasteiger partial charge in [-0.2, -0.15) is 0 Å². The third kappa shape index (κ3) is 5.48. The molecule has 0 N–H and O–H groups in total. The first kappa shape index (κ1) is 25.4. The standard InChI is InChI=1S/C35H35BN2Si/c1-5-15-29(16-6-1)27-34(30-17-7-2-8-18-30)36-35-37-25-26-38(35)28-39(33-23-13-14-24-33,31-19-9-3-10-20-31)32-21-11-4-12-22-32/h1-12,15-22,25-27,33,36H,13-14,23-24,28H2. The van der Waals surface area contributed by atoms with Gasteiger partial charge in [-0.15, -0.1) is 0 Å². The third-order valence-electron chi connectivity index (χ3n) is 8.48. The molecule has 1 heterocycles. The number of imidazole rings is 1. The molecule has 6 rings (SSSR count). The monoisotopic (exact) mass is 522 g/mol. The van der Waals surface area contributed by atoms with Crippen LogP contribution >= 0.6 is 0 Å². The molecular weight excluding hydrogens is 487 g/mol. The first-order chi connectivity index (χ1) is 19.3. The van der Waals surface area contributed by atoms with Gasteiger partial charge in [0.15, 0.2) is 0 Å². The minimum atomic E-state index is -2.15. The third-order valence-corrected chi connectivity index (χ3v) is 14.0. The van der Waals surface area contributed by atoms with Crippen molar-refractivity contribution in [3.8, 4) is 0 Å². The van der Waals surface area contributed by atoms with Crippen molar-refractivity contribution < 1.29 is 0 Å². The van der Waals surface area contributed by atoms with Gasteiger partial charge in [-0.05, 0) is 16.7 Å². The fourth-order valence-corrected chi connectivity index (χ4v) is 12.3. The molecule has 1 saturated carbocycles. The number of rotatable bonds is 9. The molecule has 2 nitrogen and oxygen atoms in total. The lowest BCUT2D eigenvalue weighted by molar-refractivity contribution is 0.793. The maximum Gasteiger partial charge on any atom is 0.239 e. The second-order valence-electron chi connectivity index (χ2n) is 10.8. The van der Waals surface area contributed by atoms with E-state index in [1.807, 2.05) is 6.20 Å². The summed E-state index contributed by atoms with van der Waals surface area (Å²) in [6.45, 7) is 0. The smallest absolute Gasteiger partial charge is 0.239 e. The lowest BCUT2D eigenvalue weighted by Gasteiger charge is -2.39. The van der Waals surface area contributed by atoms with E-state index < -0.39 is 8.07 Å². The summed E-state index contributed by atoms with van der Waals surface area (Å²) in [7, 11) is -1.36. The lowest BCUT2D eigenvalue weighted by Crippen LogP contribution is -2.65. The van der Waals surface area contributed by atoms with Gasteiger partial charge in [0.1, 0.15) is 8.07 Å². The summed E-state index contributed by atoms with van der Waals surface area (Å²) in [5, 5.41) is 3.09. The highest BCUT2D eigenvalue weighted by atomic mass is 28.3. The van der Waals surface area contributed by atoms with Crippen LogP contribution in [0.5, 0.6) is 0 Å². The fraction of sp³-hybridized carbons (Fsp3) is 0.171. The highest BCUT2D eigenvalue weighted by Crippen LogP contribution is 2.39. The molecule has 0 saturated heterocycles. The number of hydrogen-bond donors (Lipinski definition) is 0. The summed E-state index contributed by atoms with van der Waals surface area (Å²) in [6.07, 6.45) is 12.9. The highest BCUT2D eigenvalue weighted by Gasteiger charge is 2.46. The second kappa shape index (κ2) is 11.9. The van der Waals surface area contributed by atoms with E-state index in [4.69, 9.17) is 4.98 Å². The SMILES string of the molecule is B(C(=Cc1ccccc1)c1ccccc1)c1nccn1C[Si](c1ccccc1)(c1ccccc1)C1CCCC1. The zero-order chi connectivity index (χ0) is 26.3. The lowest BCUT2D eigenvalue weighted by atomic mass is 9.65. The summed E-state index contributed by atoms with van der Waals surface area (Å²) < 4.78 is 2.49. The van der Waals surface area contributed by atoms with Crippen LogP contribution in [0.2, 0.25) is 5.54 Å². The van der Waals surface area contributed by atoms with Crippen molar-refractivity contribution in [2.75, 3.05) is 0 Å². The van der Waals surface area contributed by atoms with E-state index >= 15 is 0 Å². The number of benzene rings is 4. The Morgan fingerprint density at radius 2 is 1.28 bits per heavy atom. The summed E-state index contributed by atoms with van der Waals surface area (Å²) in [5.41, 5.74) is 5.63. The first-order valence-electron chi connectivity index (χ1n) is 14.2. The van der Waals surface area contributed by atoms with Crippen LogP contribution in [-0.4, -0.2) is 24.9 Å². The molecule has 39 heavy (non-hydrogen) atoms. The molecule has 0 radical (unpaired) electrons. The molecule has 1 aromatic heterocycles. The van der Waals surface area contributed by atoms with Gasteiger partial charge in [0, 0.05) is 18.6 Å². The Labute approximate surface area is 234 Å². The van der Waals surface area contributed by atoms with E-state index in [2.05, 4.69) is 138 Å². The predicted molar refractivity (Wildman–Crippen MR) is 170 cm³/mol. The van der Waals surface area contributed by atoms with Gasteiger partial charge in [0.25, 0.3) is 0 Å². The first-order valence-corrected chi connectivity index (χ1v) is 16.5. The molecule has 192 valence electrons. The number of hydrogen-bond acceptors (Lipinski definition) is 1. The van der Waals surface area contributed by atoms with Gasteiger partial charge in [-0.1, -0.05) is 169 Å². The van der Waals surface area contributed by atoms with Crippen molar-refractivity contribution >= 4 is 43.0 Å². The topological polar surface area (TPSA) is 17.8 Å². The van der Waals surface area contributed by atoms with E-state index in [0.717, 1.165) is 24.7 Å². The van der Waals surface area contributed by atoms with E-state index in [-0.39, 0.29) is 0 Å². The Morgan fingerprint density at radius 1 is 0.744 bits per heavy atom. The average molecular weight is 523 g/mol. The van der Waals surface area contributed by atoms with Crippen LogP contribution in [0.3, 0.4) is 0 Å². The van der Waals surface area contributed by atoms with Gasteiger partial charge in [-0.25, -0.2) is 0 Å². The van der Waals surface area contributed by atoms with Crippen molar-refractivity contribution in [1.82, 2.24) is 9.55 Å². The molecule has 0 spiro atoms. The quantitative estimate of drug-likeness (QED) is 0.174. The van der Waals surface area contributed by atoms with Gasteiger partial charge >= 0.3 is 0 Å². The zero-order valence-electron chi connectivity index (χ0n) is 22.5. The van der Waals surface area contributed by atoms with Gasteiger partial charge in [0.2, 0.25) is 7.28 Å². The molecule has 1 aliphatic rings. The number of nitrogens with zero attached hydrogens (tertiary/aromatic N) is 2. The van der Waals surface area contributed by atoms with Crippen LogP contribution in [0.25, 0.3) is 11.5 Å². The predicted octanol–water partition coefficient (Wildman–Crippen LogP) is 5.89. The molecule has 4 heteroatoms. The van der Waals surface area contributed by atoms with Gasteiger partial charge < -0.3 is 4.57 Å². The number of aromatic nitrogens is 2. The largest absolute Gasteiger partial charge is 0.345 e. The molecule has 0 aliphatic heterocycles. The van der Waals surface area contributed by atoms with Crippen molar-refractivity contribution in [2.45, 2.75) is 37.4 Å². The molecule has 1 aliphatic carbocycles. The van der Waals surface area contributed by atoms with Crippen molar-refractivity contribution in [2.24, 2.45) is 0 Å². The van der Waals surface area contributed by atoms with Crippen molar-refractivity contribution in [3.63, 3.8) is 0 Å². The van der Waals surface area contributed by atoms with Gasteiger partial charge in [0.05, 0.1) is 5.72 Å². The van der Waals surface area contributed by atoms with Crippen LogP contribution in [-0.2, 0) is 6.17 Å². The van der Waals surface area contributed by atoms with Crippen molar-refractivity contribution in [3.05, 3.63) is 145 Å². The average Bonchev–Trinajstić information content (AvgIpc) is 3.70. The molecule has 0 bridgehead atoms. The molecule has 5 aromatic rings. The van der Waals surface area contributed by atoms with Crippen LogP contribution < -0.4 is 16.1 Å². The zero-order valence-corrected chi connectivity index (χ0v) is 23.5. The summed E-state index contributed by atoms with van der Waals surface area (Å²) in [5.74, 6) is 0. The summed E-state index contributed by atoms with van der Waals surface area (Å²) in [6, 6.07) is 44.3. The molecule has 0 unspecified atom stereocenters. The molecule has 4 aromatic carbocycles. The van der Waals surface area contributed by atoms with E-state index in [0.29, 0.717) is 0 Å². The molecule has 1 fully saturated rings. The summed E-state index contributed by atoms with van der Waals surface area (Å²) in [4.78, 5) is 4.97. The van der Waals surface area contributed by atoms with Crippen LogP contribution in [0.1, 0.15) is 36.8 Å². The van der Waals surface area contributed by atoms with Crippen LogP contribution in [0, 0.1) is 0 Å². The Bertz CT molecular complexity index is 1450. The molecular formula is C35H35BN2Si. The maximum atomic E-state index is 4.97. The highest BCUT2D eigenvalue weighted by molar-refractivity contribution is 7.02. The minimum absolute atomic E-state index is 0.728. The Morgan fingerprint density at radius 3 is 1.87 bits per heavy atom. The Hall–Kier alpha value is -3.89. The maximum absolute atomic E-state index is 4.97. The fourth-order valence-electron chi connectivity index (χ4n) is 6.57. The Kier molecular flexibility index (Phi) is 7.73. The molecule has 0 atom stereocenters. The second-order valence-corrected chi connectivity index (χ2v) is 15.0. The van der Waals surface area contributed by atoms with Crippen LogP contribution in [0.15, 0.2) is 134 Å². The van der Waals surface area contributed by atoms with Crippen LogP contribution in [0.4, 0.5) is 0 Å². The van der Waals surface area contributed by atoms with E-state index in [1.165, 1.54) is 42.3 Å². The van der Waals surface area contributed by atoms with E-state index in [1.54, 1.807) is 10.4 Å². The van der Waals surface area contributed by atoms with Gasteiger partial charge in [-0.3, -0.25) is 4.98 Å². The van der Waals surface area contributed by atoms with E-state index in [9.17, 15) is 0 Å².